The minimum absolute atomic E-state index is 0.00768. The Bertz CT molecular complexity index is 650. The number of allylic oxidation sites excluding steroid dienone is 1. The molecule has 0 bridgehead atoms. The van der Waals surface area contributed by atoms with Crippen LogP contribution in [0.4, 0.5) is 0 Å². The largest absolute Gasteiger partial charge is 0.289 e. The zero-order valence-corrected chi connectivity index (χ0v) is 17.7. The average molecular weight is 404 g/mol. The van der Waals surface area contributed by atoms with Crippen molar-refractivity contribution in [1.82, 2.24) is 15.3 Å². The van der Waals surface area contributed by atoms with E-state index in [0.717, 1.165) is 41.9 Å². The van der Waals surface area contributed by atoms with Gasteiger partial charge in [-0.1, -0.05) is 38.3 Å². The summed E-state index contributed by atoms with van der Waals surface area (Å²) in [4.78, 5) is 25.4. The SMILES string of the molecule is CC(C)=C[C@@H](C(=O)NN(CC(C)C)S(C)(=O)=O)[C@@H](C(=O)NO)C1CCCC1. The number of nitrogens with one attached hydrogen (secondary N) is 2. The highest BCUT2D eigenvalue weighted by Gasteiger charge is 2.40. The van der Waals surface area contributed by atoms with Crippen molar-refractivity contribution in [1.29, 1.82) is 0 Å². The first-order chi connectivity index (χ1) is 12.5. The quantitative estimate of drug-likeness (QED) is 0.309. The zero-order chi connectivity index (χ0) is 20.8. The first-order valence-electron chi connectivity index (χ1n) is 9.34. The molecule has 0 aromatic rings. The Balaban J connectivity index is 3.20. The maximum absolute atomic E-state index is 13.0. The Labute approximate surface area is 162 Å². The molecule has 0 spiro atoms. The number of hydrogen-bond acceptors (Lipinski definition) is 5. The Kier molecular flexibility index (Phi) is 8.90. The molecule has 27 heavy (non-hydrogen) atoms. The van der Waals surface area contributed by atoms with Gasteiger partial charge in [-0.15, -0.1) is 4.41 Å². The molecule has 1 aliphatic carbocycles. The lowest BCUT2D eigenvalue weighted by Gasteiger charge is -2.30. The topological polar surface area (TPSA) is 116 Å². The highest BCUT2D eigenvalue weighted by atomic mass is 32.2. The summed E-state index contributed by atoms with van der Waals surface area (Å²) in [6, 6.07) is 0. The number of sulfonamides is 1. The minimum atomic E-state index is -3.66. The fourth-order valence-corrected chi connectivity index (χ4v) is 4.38. The lowest BCUT2D eigenvalue weighted by atomic mass is 9.78. The highest BCUT2D eigenvalue weighted by molar-refractivity contribution is 7.88. The molecule has 3 N–H and O–H groups in total. The molecule has 8 nitrogen and oxygen atoms in total. The van der Waals surface area contributed by atoms with E-state index in [4.69, 9.17) is 0 Å². The smallest absolute Gasteiger partial charge is 0.247 e. The van der Waals surface area contributed by atoms with Crippen molar-refractivity contribution in [2.24, 2.45) is 23.7 Å². The van der Waals surface area contributed by atoms with E-state index in [2.05, 4.69) is 5.43 Å². The van der Waals surface area contributed by atoms with E-state index < -0.39 is 33.7 Å². The van der Waals surface area contributed by atoms with Crippen molar-refractivity contribution < 1.29 is 23.2 Å². The summed E-state index contributed by atoms with van der Waals surface area (Å²) in [7, 11) is -3.66. The molecule has 0 aromatic heterocycles. The van der Waals surface area contributed by atoms with Crippen LogP contribution in [-0.2, 0) is 19.6 Å². The molecule has 2 atom stereocenters. The van der Waals surface area contributed by atoms with E-state index in [1.54, 1.807) is 11.6 Å². The van der Waals surface area contributed by atoms with Gasteiger partial charge in [0.2, 0.25) is 21.8 Å². The van der Waals surface area contributed by atoms with Gasteiger partial charge in [0.1, 0.15) is 0 Å². The predicted octanol–water partition coefficient (Wildman–Crippen LogP) is 1.83. The maximum atomic E-state index is 13.0. The molecule has 1 aliphatic rings. The molecular weight excluding hydrogens is 370 g/mol. The molecule has 0 radical (unpaired) electrons. The third-order valence-corrected chi connectivity index (χ3v) is 5.73. The normalized spacial score (nSPS) is 17.6. The van der Waals surface area contributed by atoms with Crippen LogP contribution in [0.5, 0.6) is 0 Å². The van der Waals surface area contributed by atoms with Gasteiger partial charge in [0.25, 0.3) is 0 Å². The number of carbonyl (C=O) groups is 2. The lowest BCUT2D eigenvalue weighted by molar-refractivity contribution is -0.142. The summed E-state index contributed by atoms with van der Waals surface area (Å²) in [5.41, 5.74) is 5.00. The molecule has 0 unspecified atom stereocenters. The van der Waals surface area contributed by atoms with Crippen LogP contribution >= 0.6 is 0 Å². The van der Waals surface area contributed by atoms with Crippen molar-refractivity contribution >= 4 is 21.8 Å². The summed E-state index contributed by atoms with van der Waals surface area (Å²) in [5, 5.41) is 9.20. The van der Waals surface area contributed by atoms with Gasteiger partial charge in [-0.3, -0.25) is 20.2 Å². The molecular formula is C18H33N3O5S. The molecule has 2 amide bonds. The van der Waals surface area contributed by atoms with Gasteiger partial charge in [0, 0.05) is 6.54 Å². The molecule has 156 valence electrons. The highest BCUT2D eigenvalue weighted by Crippen LogP contribution is 2.36. The zero-order valence-electron chi connectivity index (χ0n) is 16.9. The lowest BCUT2D eigenvalue weighted by Crippen LogP contribution is -2.52. The van der Waals surface area contributed by atoms with Crippen LogP contribution < -0.4 is 10.9 Å². The second-order valence-electron chi connectivity index (χ2n) is 7.98. The summed E-state index contributed by atoms with van der Waals surface area (Å²) >= 11 is 0. The third kappa shape index (κ3) is 7.23. The van der Waals surface area contributed by atoms with E-state index in [1.165, 1.54) is 0 Å². The first kappa shape index (κ1) is 23.6. The van der Waals surface area contributed by atoms with E-state index in [0.29, 0.717) is 0 Å². The van der Waals surface area contributed by atoms with Crippen LogP contribution in [0.15, 0.2) is 11.6 Å². The number of nitrogens with zero attached hydrogens (tertiary/aromatic N) is 1. The number of carbonyl (C=O) groups excluding carboxylic acids is 2. The number of hydrazine groups is 1. The number of hydroxylamine groups is 1. The van der Waals surface area contributed by atoms with Gasteiger partial charge in [-0.2, -0.15) is 0 Å². The molecule has 1 saturated carbocycles. The van der Waals surface area contributed by atoms with Crippen LogP contribution in [0, 0.1) is 23.7 Å². The van der Waals surface area contributed by atoms with Gasteiger partial charge in [-0.25, -0.2) is 13.9 Å². The van der Waals surface area contributed by atoms with Gasteiger partial charge in [0.05, 0.1) is 18.1 Å². The van der Waals surface area contributed by atoms with E-state index >= 15 is 0 Å². The average Bonchev–Trinajstić information content (AvgIpc) is 3.05. The summed E-state index contributed by atoms with van der Waals surface area (Å²) in [6.45, 7) is 7.44. The van der Waals surface area contributed by atoms with Gasteiger partial charge >= 0.3 is 0 Å². The first-order valence-corrected chi connectivity index (χ1v) is 11.2. The molecule has 0 saturated heterocycles. The Morgan fingerprint density at radius 3 is 2.15 bits per heavy atom. The fourth-order valence-electron chi connectivity index (χ4n) is 3.56. The Morgan fingerprint density at radius 1 is 1.19 bits per heavy atom. The molecule has 0 aromatic carbocycles. The maximum Gasteiger partial charge on any atom is 0.247 e. The third-order valence-electron chi connectivity index (χ3n) is 4.69. The Hall–Kier alpha value is -1.45. The van der Waals surface area contributed by atoms with E-state index in [-0.39, 0.29) is 18.4 Å². The fraction of sp³-hybridized carbons (Fsp3) is 0.778. The van der Waals surface area contributed by atoms with Gasteiger partial charge < -0.3 is 0 Å². The standard InChI is InChI=1S/C18H33N3O5S/c1-12(2)10-15(16(18(23)20-24)14-8-6-7-9-14)17(22)19-21(11-13(3)4)27(5,25)26/h10,13-16,24H,6-9,11H2,1-5H3,(H,19,22)(H,20,23)/t15-,16+/m1/s1. The number of amides is 2. The minimum Gasteiger partial charge on any atom is -0.289 e. The molecule has 0 heterocycles. The van der Waals surface area contributed by atoms with E-state index in [1.807, 2.05) is 27.7 Å². The Morgan fingerprint density at radius 2 is 1.74 bits per heavy atom. The molecule has 1 fully saturated rings. The van der Waals surface area contributed by atoms with Crippen LogP contribution in [0.25, 0.3) is 0 Å². The van der Waals surface area contributed by atoms with Gasteiger partial charge in [0.15, 0.2) is 0 Å². The van der Waals surface area contributed by atoms with Gasteiger partial charge in [-0.05, 0) is 38.5 Å². The summed E-state index contributed by atoms with van der Waals surface area (Å²) < 4.78 is 25.0. The van der Waals surface area contributed by atoms with Crippen molar-refractivity contribution in [2.75, 3.05) is 12.8 Å². The van der Waals surface area contributed by atoms with Crippen molar-refractivity contribution in [3.05, 3.63) is 11.6 Å². The van der Waals surface area contributed by atoms with Crippen molar-refractivity contribution in [2.45, 2.75) is 53.4 Å². The van der Waals surface area contributed by atoms with E-state index in [9.17, 15) is 23.2 Å². The van der Waals surface area contributed by atoms with Crippen LogP contribution in [-0.4, -0.2) is 42.7 Å². The second kappa shape index (κ2) is 10.2. The van der Waals surface area contributed by atoms with Crippen molar-refractivity contribution in [3.63, 3.8) is 0 Å². The van der Waals surface area contributed by atoms with Crippen molar-refractivity contribution in [3.8, 4) is 0 Å². The number of hydrogen-bond donors (Lipinski definition) is 3. The monoisotopic (exact) mass is 403 g/mol. The van der Waals surface area contributed by atoms with Crippen LogP contribution in [0.1, 0.15) is 53.4 Å². The molecule has 9 heteroatoms. The summed E-state index contributed by atoms with van der Waals surface area (Å²) in [5.74, 6) is -2.85. The second-order valence-corrected chi connectivity index (χ2v) is 9.89. The molecule has 0 aliphatic heterocycles. The van der Waals surface area contributed by atoms with Crippen LogP contribution in [0.3, 0.4) is 0 Å². The molecule has 1 rings (SSSR count). The summed E-state index contributed by atoms with van der Waals surface area (Å²) in [6.07, 6.45) is 6.21. The number of rotatable bonds is 9. The predicted molar refractivity (Wildman–Crippen MR) is 103 cm³/mol. The van der Waals surface area contributed by atoms with Crippen LogP contribution in [0.2, 0.25) is 0 Å².